The molecule has 0 aliphatic carbocycles. The predicted octanol–water partition coefficient (Wildman–Crippen LogP) is 1.95. The van der Waals surface area contributed by atoms with Crippen LogP contribution in [0.1, 0.15) is 24.6 Å². The van der Waals surface area contributed by atoms with E-state index in [-0.39, 0.29) is 0 Å². The van der Waals surface area contributed by atoms with Gasteiger partial charge >= 0.3 is 0 Å². The minimum absolute atomic E-state index is 0.727. The number of hydrogen-bond acceptors (Lipinski definition) is 4. The van der Waals surface area contributed by atoms with E-state index < -0.39 is 0 Å². The molecule has 0 spiro atoms. The lowest BCUT2D eigenvalue weighted by atomic mass is 10.3. The van der Waals surface area contributed by atoms with E-state index in [1.54, 1.807) is 0 Å². The molecule has 0 amide bonds. The average molecular weight is 263 g/mol. The molecular formula is C13H21N5O. The molecule has 0 atom stereocenters. The maximum atomic E-state index is 5.34. The smallest absolute Gasteiger partial charge is 0.203 e. The Bertz CT molecular complexity index is 491. The van der Waals surface area contributed by atoms with E-state index in [2.05, 4.69) is 25.1 Å². The Morgan fingerprint density at radius 2 is 2.37 bits per heavy atom. The Morgan fingerprint density at radius 3 is 3.11 bits per heavy atom. The maximum absolute atomic E-state index is 5.34. The lowest BCUT2D eigenvalue weighted by Crippen LogP contribution is -2.09. The van der Waals surface area contributed by atoms with Gasteiger partial charge in [-0.2, -0.15) is 5.10 Å². The van der Waals surface area contributed by atoms with Gasteiger partial charge in [-0.1, -0.05) is 0 Å². The number of aromatic amines is 1. The second kappa shape index (κ2) is 6.94. The van der Waals surface area contributed by atoms with Gasteiger partial charge in [0.1, 0.15) is 0 Å². The molecule has 0 aliphatic rings. The summed E-state index contributed by atoms with van der Waals surface area (Å²) < 4.78 is 7.45. The van der Waals surface area contributed by atoms with E-state index in [1.807, 2.05) is 32.4 Å². The Balaban J connectivity index is 1.83. The molecule has 0 aliphatic heterocycles. The van der Waals surface area contributed by atoms with Crippen molar-refractivity contribution in [3.05, 3.63) is 29.8 Å². The minimum atomic E-state index is 0.727. The van der Waals surface area contributed by atoms with Crippen molar-refractivity contribution in [3.63, 3.8) is 0 Å². The Morgan fingerprint density at radius 1 is 1.47 bits per heavy atom. The predicted molar refractivity (Wildman–Crippen MR) is 74.0 cm³/mol. The van der Waals surface area contributed by atoms with Gasteiger partial charge in [0.05, 0.1) is 6.20 Å². The molecule has 0 bridgehead atoms. The number of anilines is 1. The number of H-pyrrole nitrogens is 1. The van der Waals surface area contributed by atoms with Crippen LogP contribution in [0.15, 0.2) is 18.6 Å². The molecule has 2 heterocycles. The fourth-order valence-electron chi connectivity index (χ4n) is 1.87. The highest BCUT2D eigenvalue weighted by Gasteiger charge is 2.04. The molecule has 104 valence electrons. The third-order valence-corrected chi connectivity index (χ3v) is 2.98. The Hall–Kier alpha value is -1.82. The van der Waals surface area contributed by atoms with Gasteiger partial charge < -0.3 is 14.6 Å². The van der Waals surface area contributed by atoms with Crippen molar-refractivity contribution >= 4 is 5.95 Å². The van der Waals surface area contributed by atoms with E-state index in [0.717, 1.165) is 49.9 Å². The van der Waals surface area contributed by atoms with Crippen LogP contribution in [-0.2, 0) is 17.8 Å². The van der Waals surface area contributed by atoms with Gasteiger partial charge in [-0.3, -0.25) is 5.10 Å². The van der Waals surface area contributed by atoms with Crippen LogP contribution in [0.3, 0.4) is 0 Å². The van der Waals surface area contributed by atoms with Crippen LogP contribution in [0, 0.1) is 6.92 Å². The van der Waals surface area contributed by atoms with Gasteiger partial charge in [0.2, 0.25) is 5.95 Å². The SMILES string of the molecule is CCOCCCn1ccnc1NCc1cn[nH]c1C. The molecule has 6 nitrogen and oxygen atoms in total. The summed E-state index contributed by atoms with van der Waals surface area (Å²) in [6.45, 7) is 7.22. The molecule has 2 aromatic rings. The van der Waals surface area contributed by atoms with E-state index in [0.29, 0.717) is 0 Å². The summed E-state index contributed by atoms with van der Waals surface area (Å²) in [5.41, 5.74) is 2.24. The maximum Gasteiger partial charge on any atom is 0.203 e. The summed E-state index contributed by atoms with van der Waals surface area (Å²) in [4.78, 5) is 4.32. The molecular weight excluding hydrogens is 242 g/mol. The number of hydrogen-bond donors (Lipinski definition) is 2. The van der Waals surface area contributed by atoms with Crippen molar-refractivity contribution in [3.8, 4) is 0 Å². The highest BCUT2D eigenvalue weighted by Crippen LogP contribution is 2.09. The number of aromatic nitrogens is 4. The average Bonchev–Trinajstić information content (AvgIpc) is 3.01. The van der Waals surface area contributed by atoms with Gasteiger partial charge in [0.25, 0.3) is 0 Å². The number of nitrogens with zero attached hydrogens (tertiary/aromatic N) is 3. The topological polar surface area (TPSA) is 67.8 Å². The van der Waals surface area contributed by atoms with Crippen LogP contribution in [0.4, 0.5) is 5.95 Å². The van der Waals surface area contributed by atoms with Crippen LogP contribution >= 0.6 is 0 Å². The standard InChI is InChI=1S/C13H21N5O/c1-3-19-8-4-6-18-7-5-14-13(18)15-9-12-10-16-17-11(12)2/h5,7,10H,3-4,6,8-9H2,1-2H3,(H,14,15)(H,16,17). The quantitative estimate of drug-likeness (QED) is 0.714. The minimum Gasteiger partial charge on any atom is -0.382 e. The van der Waals surface area contributed by atoms with Gasteiger partial charge in [0.15, 0.2) is 0 Å². The summed E-state index contributed by atoms with van der Waals surface area (Å²) in [6.07, 6.45) is 6.62. The number of rotatable bonds is 8. The third-order valence-electron chi connectivity index (χ3n) is 2.98. The van der Waals surface area contributed by atoms with Crippen molar-refractivity contribution in [2.75, 3.05) is 18.5 Å². The molecule has 0 unspecified atom stereocenters. The molecule has 2 rings (SSSR count). The lowest BCUT2D eigenvalue weighted by Gasteiger charge is -2.09. The van der Waals surface area contributed by atoms with Gasteiger partial charge in [-0.15, -0.1) is 0 Å². The van der Waals surface area contributed by atoms with E-state index in [4.69, 9.17) is 4.74 Å². The molecule has 0 radical (unpaired) electrons. The summed E-state index contributed by atoms with van der Waals surface area (Å²) in [5, 5.41) is 10.3. The van der Waals surface area contributed by atoms with Crippen LogP contribution in [0.5, 0.6) is 0 Å². The van der Waals surface area contributed by atoms with Crippen LogP contribution < -0.4 is 5.32 Å². The summed E-state index contributed by atoms with van der Waals surface area (Å²) in [5.74, 6) is 0.886. The molecule has 0 saturated carbocycles. The highest BCUT2D eigenvalue weighted by molar-refractivity contribution is 5.29. The van der Waals surface area contributed by atoms with Crippen molar-refractivity contribution in [1.29, 1.82) is 0 Å². The van der Waals surface area contributed by atoms with E-state index >= 15 is 0 Å². The first kappa shape index (κ1) is 13.6. The van der Waals surface area contributed by atoms with Gasteiger partial charge in [-0.25, -0.2) is 4.98 Å². The molecule has 6 heteroatoms. The fourth-order valence-corrected chi connectivity index (χ4v) is 1.87. The number of imidazole rings is 1. The van der Waals surface area contributed by atoms with Crippen molar-refractivity contribution < 1.29 is 4.74 Å². The van der Waals surface area contributed by atoms with Crippen molar-refractivity contribution in [2.24, 2.45) is 0 Å². The zero-order valence-electron chi connectivity index (χ0n) is 11.5. The van der Waals surface area contributed by atoms with Crippen molar-refractivity contribution in [1.82, 2.24) is 19.7 Å². The monoisotopic (exact) mass is 263 g/mol. The summed E-state index contributed by atoms with van der Waals surface area (Å²) in [7, 11) is 0. The first-order valence-electron chi connectivity index (χ1n) is 6.63. The number of aryl methyl sites for hydroxylation is 2. The van der Waals surface area contributed by atoms with Crippen LogP contribution in [0.25, 0.3) is 0 Å². The second-order valence-corrected chi connectivity index (χ2v) is 4.37. The highest BCUT2D eigenvalue weighted by atomic mass is 16.5. The lowest BCUT2D eigenvalue weighted by molar-refractivity contribution is 0.142. The van der Waals surface area contributed by atoms with Crippen molar-refractivity contribution in [2.45, 2.75) is 33.4 Å². The zero-order chi connectivity index (χ0) is 13.5. The second-order valence-electron chi connectivity index (χ2n) is 4.37. The molecule has 0 saturated heterocycles. The fraction of sp³-hybridized carbons (Fsp3) is 0.538. The van der Waals surface area contributed by atoms with Crippen LogP contribution in [-0.4, -0.2) is 33.0 Å². The number of nitrogens with one attached hydrogen (secondary N) is 2. The zero-order valence-corrected chi connectivity index (χ0v) is 11.5. The first-order chi connectivity index (χ1) is 9.31. The molecule has 0 aromatic carbocycles. The normalized spacial score (nSPS) is 10.8. The van der Waals surface area contributed by atoms with Crippen LogP contribution in [0.2, 0.25) is 0 Å². The molecule has 2 aromatic heterocycles. The van der Waals surface area contributed by atoms with E-state index in [9.17, 15) is 0 Å². The van der Waals surface area contributed by atoms with Gasteiger partial charge in [0, 0.05) is 50.0 Å². The molecule has 0 fully saturated rings. The number of ether oxygens (including phenoxy) is 1. The van der Waals surface area contributed by atoms with Gasteiger partial charge in [-0.05, 0) is 20.3 Å². The third kappa shape index (κ3) is 3.82. The Labute approximate surface area is 113 Å². The summed E-state index contributed by atoms with van der Waals surface area (Å²) >= 11 is 0. The van der Waals surface area contributed by atoms with E-state index in [1.165, 1.54) is 0 Å². The Kier molecular flexibility index (Phi) is 4.97. The molecule has 19 heavy (non-hydrogen) atoms. The summed E-state index contributed by atoms with van der Waals surface area (Å²) in [6, 6.07) is 0. The molecule has 2 N–H and O–H groups in total. The first-order valence-corrected chi connectivity index (χ1v) is 6.63. The largest absolute Gasteiger partial charge is 0.382 e.